The molecule has 0 spiro atoms. The fraction of sp³-hybridized carbons (Fsp3) is 0.116. The van der Waals surface area contributed by atoms with Gasteiger partial charge in [0.1, 0.15) is 12.1 Å². The maximum Gasteiger partial charge on any atom is 0.335 e. The first-order valence-corrected chi connectivity index (χ1v) is 18.5. The molecule has 0 aromatic heterocycles. The van der Waals surface area contributed by atoms with Crippen LogP contribution >= 0.6 is 11.6 Å². The molecule has 0 heterocycles. The molecule has 0 aliphatic heterocycles. The Morgan fingerprint density at radius 2 is 1.20 bits per heavy atom. The molecular weight excluding hydrogens is 810 g/mol. The van der Waals surface area contributed by atoms with Crippen LogP contribution in [0.15, 0.2) is 103 Å². The van der Waals surface area contributed by atoms with Gasteiger partial charge in [0, 0.05) is 33.8 Å². The van der Waals surface area contributed by atoms with Crippen LogP contribution in [-0.4, -0.2) is 63.8 Å². The van der Waals surface area contributed by atoms with Crippen molar-refractivity contribution < 1.29 is 48.5 Å². The zero-order chi connectivity index (χ0) is 44.4. The number of anilines is 4. The predicted octanol–water partition coefficient (Wildman–Crippen LogP) is 5.77. The summed E-state index contributed by atoms with van der Waals surface area (Å²) < 4.78 is 5.76. The Bertz CT molecular complexity index is 2570. The monoisotopic (exact) mass is 845 g/mol. The fourth-order valence-corrected chi connectivity index (χ4v) is 5.76. The van der Waals surface area contributed by atoms with E-state index in [2.05, 4.69) is 26.6 Å². The largest absolute Gasteiger partial charge is 0.504 e. The van der Waals surface area contributed by atoms with Gasteiger partial charge in [-0.05, 0) is 117 Å². The zero-order valence-electron chi connectivity index (χ0n) is 32.2. The number of nitrogens with zero attached hydrogens (tertiary/aromatic N) is 1. The first-order valence-electron chi connectivity index (χ1n) is 18.1. The van der Waals surface area contributed by atoms with Crippen LogP contribution in [-0.2, 0) is 9.59 Å². The van der Waals surface area contributed by atoms with Gasteiger partial charge in [0.25, 0.3) is 23.6 Å². The van der Waals surface area contributed by atoms with Crippen LogP contribution in [0.2, 0.25) is 5.02 Å². The van der Waals surface area contributed by atoms with Crippen LogP contribution in [0.25, 0.3) is 0 Å². The fourth-order valence-electron chi connectivity index (χ4n) is 5.54. The number of rotatable bonds is 15. The molecule has 0 fully saturated rings. The highest BCUT2D eigenvalue weighted by Crippen LogP contribution is 2.39. The molecule has 5 rings (SSSR count). The maximum atomic E-state index is 13.3. The van der Waals surface area contributed by atoms with Gasteiger partial charge < -0.3 is 47.3 Å². The molecule has 9 N–H and O–H groups in total. The highest BCUT2D eigenvalue weighted by atomic mass is 35.5. The third-order valence-electron chi connectivity index (χ3n) is 8.57. The number of phenols is 1. The second kappa shape index (κ2) is 19.5. The van der Waals surface area contributed by atoms with Gasteiger partial charge in [0.05, 0.1) is 39.9 Å². The summed E-state index contributed by atoms with van der Waals surface area (Å²) in [5.41, 5.74) is 6.65. The molecule has 0 aliphatic carbocycles. The van der Waals surface area contributed by atoms with Crippen molar-refractivity contribution in [1.29, 1.82) is 5.26 Å². The van der Waals surface area contributed by atoms with Gasteiger partial charge in [0.15, 0.2) is 11.5 Å². The number of hydrogen-bond donors (Lipinski definition) is 8. The predicted molar refractivity (Wildman–Crippen MR) is 224 cm³/mol. The average molecular weight is 846 g/mol. The van der Waals surface area contributed by atoms with Crippen molar-refractivity contribution in [2.24, 2.45) is 5.73 Å². The molecule has 0 saturated carbocycles. The first kappa shape index (κ1) is 43.9. The number of nitriles is 1. The quantitative estimate of drug-likeness (QED) is 0.0626. The molecule has 5 aromatic rings. The molecule has 18 heteroatoms. The maximum absolute atomic E-state index is 13.3. The number of ether oxygens (including phenoxy) is 1. The van der Waals surface area contributed by atoms with Gasteiger partial charge in [-0.3, -0.25) is 28.8 Å². The number of carbonyl (C=O) groups excluding carboxylic acids is 6. The summed E-state index contributed by atoms with van der Waals surface area (Å²) in [5, 5.41) is 42.2. The molecule has 0 unspecified atom stereocenters. The number of benzene rings is 5. The second-order valence-corrected chi connectivity index (χ2v) is 13.8. The van der Waals surface area contributed by atoms with E-state index in [-0.39, 0.29) is 61.2 Å². The molecule has 1 atom stereocenters. The molecule has 0 saturated heterocycles. The van der Waals surface area contributed by atoms with E-state index in [0.717, 1.165) is 0 Å². The van der Waals surface area contributed by atoms with Crippen LogP contribution in [0.1, 0.15) is 77.6 Å². The number of hydrogen-bond acceptors (Lipinski definition) is 10. The van der Waals surface area contributed by atoms with Gasteiger partial charge in [0.2, 0.25) is 11.8 Å². The second-order valence-electron chi connectivity index (χ2n) is 13.4. The Labute approximate surface area is 352 Å². The van der Waals surface area contributed by atoms with Crippen LogP contribution < -0.4 is 37.1 Å². The number of nitrogens with one attached hydrogen (secondary N) is 5. The zero-order valence-corrected chi connectivity index (χ0v) is 33.0. The highest BCUT2D eigenvalue weighted by Gasteiger charge is 2.25. The van der Waals surface area contributed by atoms with Gasteiger partial charge >= 0.3 is 5.97 Å². The lowest BCUT2D eigenvalue weighted by molar-refractivity contribution is -0.123. The number of phenolic OH excluding ortho intramolecular Hbond substituents is 1. The molecule has 0 bridgehead atoms. The van der Waals surface area contributed by atoms with Crippen LogP contribution in [0, 0.1) is 11.3 Å². The summed E-state index contributed by atoms with van der Waals surface area (Å²) >= 11 is 6.02. The minimum Gasteiger partial charge on any atom is -0.504 e. The molecule has 0 radical (unpaired) electrons. The lowest BCUT2D eigenvalue weighted by atomic mass is 10.1. The third-order valence-corrected chi connectivity index (χ3v) is 8.88. The SMILES string of the molecule is CC(C)Oc1c(NC(=O)c2ccc(NC(=O)[C@H](CC(N)=O)NC(=O)c3ccc(NC(=O)c4ccc(C#N)c(Cl)c4)cc3)cc2)ccc(C(=O)Nc2ccc(C(=O)O)cc2)c1O. The van der Waals surface area contributed by atoms with E-state index in [9.17, 15) is 38.7 Å². The Morgan fingerprint density at radius 1 is 0.689 bits per heavy atom. The number of primary amides is 1. The summed E-state index contributed by atoms with van der Waals surface area (Å²) in [6.07, 6.45) is -1.04. The molecule has 17 nitrogen and oxygen atoms in total. The van der Waals surface area contributed by atoms with E-state index in [4.69, 9.17) is 32.4 Å². The molecule has 5 aromatic carbocycles. The average Bonchev–Trinajstić information content (AvgIpc) is 3.22. The van der Waals surface area contributed by atoms with Crippen molar-refractivity contribution in [3.05, 3.63) is 142 Å². The van der Waals surface area contributed by atoms with Crippen molar-refractivity contribution in [3.63, 3.8) is 0 Å². The number of carboxylic acid groups (broad SMARTS) is 1. The Balaban J connectivity index is 1.21. The standard InChI is InChI=1S/C43H36ClN7O10/c1-22(2)61-37-33(18-17-31(36(37)53)41(57)48-29-15-9-25(10-16-29)43(59)60)50-38(54)23-7-13-30(14-8-23)49-42(58)34(20-35(46)52)51-39(55)24-5-11-28(12-6-24)47-40(56)26-3-4-27(21-45)32(44)19-26/h3-19,22,34,53H,20H2,1-2H3,(H2,46,52)(H,47,56)(H,48,57)(H,49,58)(H,50,54)(H,51,55)(H,59,60)/t34-/m0/s1. The van der Waals surface area contributed by atoms with Gasteiger partial charge in [-0.15, -0.1) is 0 Å². The summed E-state index contributed by atoms with van der Waals surface area (Å²) in [6.45, 7) is 3.35. The van der Waals surface area contributed by atoms with Crippen molar-refractivity contribution >= 4 is 75.8 Å². The van der Waals surface area contributed by atoms with Crippen LogP contribution in [0.4, 0.5) is 22.7 Å². The summed E-state index contributed by atoms with van der Waals surface area (Å²) in [4.78, 5) is 88.3. The minimum absolute atomic E-state index is 0.0176. The lowest BCUT2D eigenvalue weighted by Gasteiger charge is -2.19. The number of amides is 6. The molecule has 310 valence electrons. The summed E-state index contributed by atoms with van der Waals surface area (Å²) in [6, 6.07) is 23.9. The topological polar surface area (TPSA) is 279 Å². The molecule has 61 heavy (non-hydrogen) atoms. The Morgan fingerprint density at radius 3 is 1.72 bits per heavy atom. The number of aromatic carboxylic acids is 1. The van der Waals surface area contributed by atoms with Gasteiger partial charge in [-0.25, -0.2) is 4.79 Å². The van der Waals surface area contributed by atoms with E-state index in [0.29, 0.717) is 5.69 Å². The number of carboxylic acids is 1. The summed E-state index contributed by atoms with van der Waals surface area (Å²) in [5.74, 6) is -6.16. The van der Waals surface area contributed by atoms with Crippen LogP contribution in [0.5, 0.6) is 11.5 Å². The van der Waals surface area contributed by atoms with E-state index in [1.807, 2.05) is 6.07 Å². The molecule has 6 amide bonds. The van der Waals surface area contributed by atoms with Crippen molar-refractivity contribution in [2.75, 3.05) is 21.3 Å². The Hall–Kier alpha value is -8.23. The summed E-state index contributed by atoms with van der Waals surface area (Å²) in [7, 11) is 0. The first-order chi connectivity index (χ1) is 29.0. The van der Waals surface area contributed by atoms with Gasteiger partial charge in [-0.2, -0.15) is 5.26 Å². The van der Waals surface area contributed by atoms with E-state index < -0.39 is 65.7 Å². The van der Waals surface area contributed by atoms with Crippen molar-refractivity contribution in [3.8, 4) is 17.6 Å². The smallest absolute Gasteiger partial charge is 0.335 e. The number of carbonyl (C=O) groups is 7. The van der Waals surface area contributed by atoms with Crippen molar-refractivity contribution in [1.82, 2.24) is 5.32 Å². The van der Waals surface area contributed by atoms with E-state index in [1.54, 1.807) is 13.8 Å². The van der Waals surface area contributed by atoms with Crippen LogP contribution in [0.3, 0.4) is 0 Å². The normalized spacial score (nSPS) is 11.0. The Kier molecular flexibility index (Phi) is 14.0. The van der Waals surface area contributed by atoms with E-state index >= 15 is 0 Å². The van der Waals surface area contributed by atoms with E-state index in [1.165, 1.54) is 103 Å². The minimum atomic E-state index is -1.40. The third kappa shape index (κ3) is 11.5. The number of nitrogens with two attached hydrogens (primary N) is 1. The molecular formula is C43H36ClN7O10. The lowest BCUT2D eigenvalue weighted by Crippen LogP contribution is -2.46. The number of halogens is 1. The highest BCUT2D eigenvalue weighted by molar-refractivity contribution is 6.32. The van der Waals surface area contributed by atoms with Gasteiger partial charge in [-0.1, -0.05) is 11.6 Å². The van der Waals surface area contributed by atoms with Crippen molar-refractivity contribution in [2.45, 2.75) is 32.4 Å². The number of aromatic hydroxyl groups is 1. The molecule has 0 aliphatic rings.